The molecule has 0 radical (unpaired) electrons. The molecule has 1 aliphatic carbocycles. The Balaban J connectivity index is 1.55. The summed E-state index contributed by atoms with van der Waals surface area (Å²) >= 11 is 0. The Morgan fingerprint density at radius 2 is 1.73 bits per heavy atom. The van der Waals surface area contributed by atoms with Crippen LogP contribution < -0.4 is 0 Å². The lowest BCUT2D eigenvalue weighted by atomic mass is 9.92. The highest BCUT2D eigenvalue weighted by molar-refractivity contribution is 5.81. The molecule has 0 aromatic rings. The number of carboxylic acid groups (broad SMARTS) is 1. The maximum atomic E-state index is 12.7. The van der Waals surface area contributed by atoms with Gasteiger partial charge in [0.2, 0.25) is 5.91 Å². The van der Waals surface area contributed by atoms with Gasteiger partial charge in [-0.2, -0.15) is 0 Å². The molecule has 2 aliphatic heterocycles. The molecule has 6 heteroatoms. The zero-order valence-electron chi connectivity index (χ0n) is 13.0. The third-order valence-electron chi connectivity index (χ3n) is 5.57. The van der Waals surface area contributed by atoms with Gasteiger partial charge in [-0.3, -0.25) is 9.59 Å². The highest BCUT2D eigenvalue weighted by Gasteiger charge is 2.47. The first-order chi connectivity index (χ1) is 10.6. The Bertz CT molecular complexity index is 430. The molecule has 1 saturated carbocycles. The number of hydrogen-bond acceptors (Lipinski definition) is 4. The van der Waals surface area contributed by atoms with Gasteiger partial charge in [-0.1, -0.05) is 0 Å². The van der Waals surface area contributed by atoms with Gasteiger partial charge in [0.15, 0.2) is 0 Å². The van der Waals surface area contributed by atoms with Crippen LogP contribution in [0.2, 0.25) is 0 Å². The first kappa shape index (κ1) is 15.7. The number of carbonyl (C=O) groups excluding carboxylic acids is 1. The Hall–Kier alpha value is -1.14. The number of amides is 1. The Morgan fingerprint density at radius 1 is 1.05 bits per heavy atom. The molecule has 2 saturated heterocycles. The van der Waals surface area contributed by atoms with Crippen LogP contribution in [-0.4, -0.2) is 71.2 Å². The second-order valence-corrected chi connectivity index (χ2v) is 7.03. The molecule has 2 N–H and O–H groups in total. The normalized spacial score (nSPS) is 30.7. The molecule has 0 unspecified atom stereocenters. The van der Waals surface area contributed by atoms with Gasteiger partial charge in [0.1, 0.15) is 0 Å². The molecule has 2 heterocycles. The predicted molar refractivity (Wildman–Crippen MR) is 80.2 cm³/mol. The van der Waals surface area contributed by atoms with Gasteiger partial charge in [0.05, 0.1) is 12.5 Å². The Labute approximate surface area is 131 Å². The summed E-state index contributed by atoms with van der Waals surface area (Å²) in [5.74, 6) is -0.252. The van der Waals surface area contributed by atoms with Crippen molar-refractivity contribution in [3.05, 3.63) is 0 Å². The molecule has 0 bridgehead atoms. The number of aliphatic hydroxyl groups excluding tert-OH is 1. The molecule has 124 valence electrons. The second-order valence-electron chi connectivity index (χ2n) is 7.03. The monoisotopic (exact) mass is 310 g/mol. The summed E-state index contributed by atoms with van der Waals surface area (Å²) in [4.78, 5) is 28.1. The van der Waals surface area contributed by atoms with Crippen molar-refractivity contribution in [3.63, 3.8) is 0 Å². The minimum absolute atomic E-state index is 0.0299. The van der Waals surface area contributed by atoms with E-state index in [1.54, 1.807) is 0 Å². The minimum atomic E-state index is -0.745. The van der Waals surface area contributed by atoms with Crippen LogP contribution in [-0.2, 0) is 9.59 Å². The first-order valence-electron chi connectivity index (χ1n) is 8.45. The van der Waals surface area contributed by atoms with Crippen molar-refractivity contribution in [2.45, 2.75) is 25.7 Å². The van der Waals surface area contributed by atoms with E-state index in [-0.39, 0.29) is 30.3 Å². The number of hydrogen-bond donors (Lipinski definition) is 2. The maximum absolute atomic E-state index is 12.7. The lowest BCUT2D eigenvalue weighted by molar-refractivity contribution is -0.143. The topological polar surface area (TPSA) is 81.1 Å². The quantitative estimate of drug-likeness (QED) is 0.761. The number of rotatable bonds is 5. The zero-order valence-corrected chi connectivity index (χ0v) is 13.0. The Morgan fingerprint density at radius 3 is 2.27 bits per heavy atom. The fraction of sp³-hybridized carbons (Fsp3) is 0.875. The van der Waals surface area contributed by atoms with Gasteiger partial charge >= 0.3 is 5.97 Å². The lowest BCUT2D eigenvalue weighted by Crippen LogP contribution is -2.42. The van der Waals surface area contributed by atoms with Crippen molar-refractivity contribution in [2.24, 2.45) is 23.7 Å². The number of piperidine rings is 1. The first-order valence-corrected chi connectivity index (χ1v) is 8.45. The van der Waals surface area contributed by atoms with Crippen LogP contribution in [0.3, 0.4) is 0 Å². The van der Waals surface area contributed by atoms with Crippen molar-refractivity contribution >= 4 is 11.9 Å². The average molecular weight is 310 g/mol. The van der Waals surface area contributed by atoms with E-state index >= 15 is 0 Å². The third kappa shape index (κ3) is 3.27. The van der Waals surface area contributed by atoms with Gasteiger partial charge in [-0.15, -0.1) is 0 Å². The van der Waals surface area contributed by atoms with Crippen molar-refractivity contribution < 1.29 is 19.8 Å². The van der Waals surface area contributed by atoms with Crippen molar-refractivity contribution in [2.75, 3.05) is 39.3 Å². The summed E-state index contributed by atoms with van der Waals surface area (Å²) in [5, 5.41) is 18.4. The fourth-order valence-electron chi connectivity index (χ4n) is 4.08. The predicted octanol–water partition coefficient (Wildman–Crippen LogP) is 0.260. The molecule has 3 rings (SSSR count). The maximum Gasteiger partial charge on any atom is 0.308 e. The summed E-state index contributed by atoms with van der Waals surface area (Å²) in [6.07, 6.45) is 3.88. The molecule has 3 fully saturated rings. The minimum Gasteiger partial charge on any atom is -0.481 e. The highest BCUT2D eigenvalue weighted by Crippen LogP contribution is 2.44. The van der Waals surface area contributed by atoms with Crippen molar-refractivity contribution in [1.82, 2.24) is 9.80 Å². The number of likely N-dealkylation sites (tertiary alicyclic amines) is 2. The smallest absolute Gasteiger partial charge is 0.308 e. The molecule has 2 atom stereocenters. The summed E-state index contributed by atoms with van der Waals surface area (Å²) < 4.78 is 0. The number of aliphatic carboxylic acids is 1. The summed E-state index contributed by atoms with van der Waals surface area (Å²) in [6, 6.07) is 0. The van der Waals surface area contributed by atoms with Gasteiger partial charge in [0, 0.05) is 25.6 Å². The van der Waals surface area contributed by atoms with Crippen LogP contribution >= 0.6 is 0 Å². The van der Waals surface area contributed by atoms with Gasteiger partial charge in [-0.25, -0.2) is 0 Å². The average Bonchev–Trinajstić information content (AvgIpc) is 3.26. The summed E-state index contributed by atoms with van der Waals surface area (Å²) in [7, 11) is 0. The zero-order chi connectivity index (χ0) is 15.7. The fourth-order valence-corrected chi connectivity index (χ4v) is 4.08. The van der Waals surface area contributed by atoms with Crippen LogP contribution in [0.4, 0.5) is 0 Å². The molecule has 0 aromatic heterocycles. The molecular weight excluding hydrogens is 284 g/mol. The highest BCUT2D eigenvalue weighted by atomic mass is 16.4. The van der Waals surface area contributed by atoms with E-state index in [0.29, 0.717) is 25.6 Å². The standard InChI is InChI=1S/C16H26N2O4/c19-8-7-17-5-3-12(4-6-17)15(20)18-9-13(11-1-2-11)14(10-18)16(21)22/h11-14,19H,1-10H2,(H,21,22)/t13-,14+/m0/s1. The van der Waals surface area contributed by atoms with E-state index in [1.165, 1.54) is 0 Å². The number of carboxylic acids is 1. The van der Waals surface area contributed by atoms with Gasteiger partial charge in [0.25, 0.3) is 0 Å². The molecule has 3 aliphatic rings. The Kier molecular flexibility index (Phi) is 4.68. The molecule has 22 heavy (non-hydrogen) atoms. The van der Waals surface area contributed by atoms with Crippen LogP contribution in [0.25, 0.3) is 0 Å². The van der Waals surface area contributed by atoms with Crippen LogP contribution in [0.5, 0.6) is 0 Å². The van der Waals surface area contributed by atoms with E-state index in [1.807, 2.05) is 4.90 Å². The molecule has 6 nitrogen and oxygen atoms in total. The largest absolute Gasteiger partial charge is 0.481 e. The number of carbonyl (C=O) groups is 2. The molecule has 1 amide bonds. The summed E-state index contributed by atoms with van der Waals surface area (Å²) in [6.45, 7) is 3.56. The van der Waals surface area contributed by atoms with E-state index in [4.69, 9.17) is 5.11 Å². The molecule has 0 aromatic carbocycles. The molecule has 0 spiro atoms. The van der Waals surface area contributed by atoms with Gasteiger partial charge in [-0.05, 0) is 50.6 Å². The third-order valence-corrected chi connectivity index (χ3v) is 5.57. The summed E-state index contributed by atoms with van der Waals surface area (Å²) in [5.41, 5.74) is 0. The second kappa shape index (κ2) is 6.54. The van der Waals surface area contributed by atoms with Crippen LogP contribution in [0.15, 0.2) is 0 Å². The molecular formula is C16H26N2O4. The van der Waals surface area contributed by atoms with Gasteiger partial charge < -0.3 is 20.0 Å². The van der Waals surface area contributed by atoms with Crippen molar-refractivity contribution in [3.8, 4) is 0 Å². The SMILES string of the molecule is O=C(O)[C@@H]1CN(C(=O)C2CCN(CCO)CC2)C[C@H]1C1CC1. The van der Waals surface area contributed by atoms with Crippen LogP contribution in [0.1, 0.15) is 25.7 Å². The van der Waals surface area contributed by atoms with E-state index in [2.05, 4.69) is 4.90 Å². The number of nitrogens with zero attached hydrogens (tertiary/aromatic N) is 2. The van der Waals surface area contributed by atoms with E-state index in [0.717, 1.165) is 38.8 Å². The van der Waals surface area contributed by atoms with Crippen molar-refractivity contribution in [1.29, 1.82) is 0 Å². The van der Waals surface area contributed by atoms with E-state index in [9.17, 15) is 14.7 Å². The lowest BCUT2D eigenvalue weighted by Gasteiger charge is -2.32. The number of β-amino-alcohol motifs (C(OH)–C–C–N with tert-alkyl or cyclic N) is 1. The van der Waals surface area contributed by atoms with Crippen LogP contribution in [0, 0.1) is 23.7 Å². The number of aliphatic hydroxyl groups is 1. The van der Waals surface area contributed by atoms with E-state index < -0.39 is 5.97 Å².